The summed E-state index contributed by atoms with van der Waals surface area (Å²) in [5.74, 6) is 1.59. The molecule has 1 amide bonds. The van der Waals surface area contributed by atoms with Crippen LogP contribution in [0, 0.1) is 0 Å². The van der Waals surface area contributed by atoms with Crippen LogP contribution in [-0.4, -0.2) is 57.9 Å². The molecular formula is C15H22N2O4. The Hall–Kier alpha value is -1.95. The number of hydrogen-bond acceptors (Lipinski definition) is 5. The Morgan fingerprint density at radius 3 is 2.71 bits per heavy atom. The fourth-order valence-corrected chi connectivity index (χ4v) is 2.22. The lowest BCUT2D eigenvalue weighted by molar-refractivity contribution is -0.134. The molecule has 1 heterocycles. The first-order chi connectivity index (χ1) is 10.2. The van der Waals surface area contributed by atoms with E-state index in [9.17, 15) is 4.79 Å². The number of methoxy groups -OCH3 is 2. The summed E-state index contributed by atoms with van der Waals surface area (Å²) in [5, 5.41) is 3.23. The highest BCUT2D eigenvalue weighted by Crippen LogP contribution is 2.28. The van der Waals surface area contributed by atoms with Gasteiger partial charge in [-0.2, -0.15) is 0 Å². The Morgan fingerprint density at radius 2 is 2.05 bits per heavy atom. The Labute approximate surface area is 125 Å². The molecule has 1 N–H and O–H groups in total. The first kappa shape index (κ1) is 15.4. The molecule has 1 fully saturated rings. The number of carbonyl (C=O) groups excluding carboxylic acids is 1. The molecule has 1 aliphatic heterocycles. The molecule has 0 bridgehead atoms. The van der Waals surface area contributed by atoms with E-state index in [1.807, 2.05) is 23.1 Å². The predicted molar refractivity (Wildman–Crippen MR) is 80.1 cm³/mol. The lowest BCUT2D eigenvalue weighted by Gasteiger charge is -2.27. The highest BCUT2D eigenvalue weighted by molar-refractivity contribution is 5.77. The summed E-state index contributed by atoms with van der Waals surface area (Å²) < 4.78 is 15.7. The smallest absolute Gasteiger partial charge is 0.224 e. The molecule has 0 atom stereocenters. The zero-order valence-corrected chi connectivity index (χ0v) is 12.6. The Bertz CT molecular complexity index is 473. The fourth-order valence-electron chi connectivity index (χ4n) is 2.22. The summed E-state index contributed by atoms with van der Waals surface area (Å²) in [7, 11) is 3.22. The maximum atomic E-state index is 12.0. The summed E-state index contributed by atoms with van der Waals surface area (Å²) >= 11 is 0. The molecule has 0 aliphatic carbocycles. The van der Waals surface area contributed by atoms with E-state index in [2.05, 4.69) is 5.32 Å². The van der Waals surface area contributed by atoms with E-state index >= 15 is 0 Å². The summed E-state index contributed by atoms with van der Waals surface area (Å²) in [5.41, 5.74) is 0.855. The average molecular weight is 294 g/mol. The second-order valence-electron chi connectivity index (χ2n) is 4.74. The van der Waals surface area contributed by atoms with E-state index in [0.29, 0.717) is 45.0 Å². The SMILES string of the molecule is COc1ccc(NCCC(=O)N2CCOCC2)c(OC)c1. The van der Waals surface area contributed by atoms with Crippen LogP contribution in [0.15, 0.2) is 18.2 Å². The first-order valence-corrected chi connectivity index (χ1v) is 7.06. The molecule has 21 heavy (non-hydrogen) atoms. The largest absolute Gasteiger partial charge is 0.497 e. The number of morpholine rings is 1. The zero-order valence-electron chi connectivity index (χ0n) is 12.6. The number of benzene rings is 1. The Morgan fingerprint density at radius 1 is 1.29 bits per heavy atom. The van der Waals surface area contributed by atoms with Gasteiger partial charge in [0.1, 0.15) is 11.5 Å². The van der Waals surface area contributed by atoms with Crippen LogP contribution in [0.1, 0.15) is 6.42 Å². The van der Waals surface area contributed by atoms with E-state index in [-0.39, 0.29) is 5.91 Å². The van der Waals surface area contributed by atoms with E-state index in [1.54, 1.807) is 14.2 Å². The number of hydrogen-bond donors (Lipinski definition) is 1. The zero-order chi connectivity index (χ0) is 15.1. The Kier molecular flexibility index (Phi) is 5.68. The van der Waals surface area contributed by atoms with Gasteiger partial charge in [0.15, 0.2) is 0 Å². The average Bonchev–Trinajstić information content (AvgIpc) is 2.55. The lowest BCUT2D eigenvalue weighted by Crippen LogP contribution is -2.41. The second-order valence-corrected chi connectivity index (χ2v) is 4.74. The number of nitrogens with one attached hydrogen (secondary N) is 1. The van der Waals surface area contributed by atoms with Crippen LogP contribution in [0.25, 0.3) is 0 Å². The van der Waals surface area contributed by atoms with Crippen molar-refractivity contribution in [2.45, 2.75) is 6.42 Å². The van der Waals surface area contributed by atoms with Crippen LogP contribution >= 0.6 is 0 Å². The molecule has 1 aromatic rings. The number of amides is 1. The van der Waals surface area contributed by atoms with Crippen LogP contribution in [-0.2, 0) is 9.53 Å². The van der Waals surface area contributed by atoms with Crippen molar-refractivity contribution in [2.75, 3.05) is 52.4 Å². The van der Waals surface area contributed by atoms with E-state index in [4.69, 9.17) is 14.2 Å². The fraction of sp³-hybridized carbons (Fsp3) is 0.533. The van der Waals surface area contributed by atoms with Crippen molar-refractivity contribution >= 4 is 11.6 Å². The molecule has 0 aromatic heterocycles. The third-order valence-corrected chi connectivity index (χ3v) is 3.43. The van der Waals surface area contributed by atoms with Gasteiger partial charge in [-0.1, -0.05) is 0 Å². The minimum atomic E-state index is 0.151. The van der Waals surface area contributed by atoms with E-state index < -0.39 is 0 Å². The molecule has 0 spiro atoms. The summed E-state index contributed by atoms with van der Waals surface area (Å²) in [6, 6.07) is 5.55. The van der Waals surface area contributed by atoms with Crippen LogP contribution in [0.4, 0.5) is 5.69 Å². The number of rotatable bonds is 6. The molecule has 1 aromatic carbocycles. The maximum Gasteiger partial charge on any atom is 0.224 e. The molecule has 0 radical (unpaired) electrons. The van der Waals surface area contributed by atoms with Crippen molar-refractivity contribution < 1.29 is 19.0 Å². The summed E-state index contributed by atoms with van der Waals surface area (Å²) in [6.07, 6.45) is 0.454. The standard InChI is InChI=1S/C15H22N2O4/c1-19-12-3-4-13(14(11-12)20-2)16-6-5-15(18)17-7-9-21-10-8-17/h3-4,11,16H,5-10H2,1-2H3. The molecule has 1 saturated heterocycles. The molecule has 2 rings (SSSR count). The van der Waals surface area contributed by atoms with Gasteiger partial charge in [-0.05, 0) is 12.1 Å². The van der Waals surface area contributed by atoms with Crippen LogP contribution in [0.3, 0.4) is 0 Å². The molecule has 1 aliphatic rings. The minimum Gasteiger partial charge on any atom is -0.497 e. The second kappa shape index (κ2) is 7.73. The van der Waals surface area contributed by atoms with Crippen molar-refractivity contribution in [3.8, 4) is 11.5 Å². The molecular weight excluding hydrogens is 272 g/mol. The molecule has 6 nitrogen and oxygen atoms in total. The van der Waals surface area contributed by atoms with Gasteiger partial charge in [-0.15, -0.1) is 0 Å². The van der Waals surface area contributed by atoms with Gasteiger partial charge in [0.05, 0.1) is 33.1 Å². The normalized spacial score (nSPS) is 14.7. The number of anilines is 1. The van der Waals surface area contributed by atoms with Gasteiger partial charge in [0.2, 0.25) is 5.91 Å². The van der Waals surface area contributed by atoms with Crippen molar-refractivity contribution in [3.63, 3.8) is 0 Å². The van der Waals surface area contributed by atoms with Gasteiger partial charge in [-0.25, -0.2) is 0 Å². The number of carbonyl (C=O) groups is 1. The molecule has 116 valence electrons. The van der Waals surface area contributed by atoms with Crippen molar-refractivity contribution in [2.24, 2.45) is 0 Å². The van der Waals surface area contributed by atoms with Gasteiger partial charge in [0.25, 0.3) is 0 Å². The van der Waals surface area contributed by atoms with Gasteiger partial charge < -0.3 is 24.4 Å². The van der Waals surface area contributed by atoms with Crippen LogP contribution in [0.2, 0.25) is 0 Å². The number of ether oxygens (including phenoxy) is 3. The minimum absolute atomic E-state index is 0.151. The third kappa shape index (κ3) is 4.26. The highest BCUT2D eigenvalue weighted by Gasteiger charge is 2.16. The van der Waals surface area contributed by atoms with Gasteiger partial charge in [-0.3, -0.25) is 4.79 Å². The summed E-state index contributed by atoms with van der Waals surface area (Å²) in [4.78, 5) is 13.9. The Balaban J connectivity index is 1.83. The van der Waals surface area contributed by atoms with Crippen LogP contribution < -0.4 is 14.8 Å². The monoisotopic (exact) mass is 294 g/mol. The predicted octanol–water partition coefficient (Wildman–Crippen LogP) is 1.36. The molecule has 0 saturated carbocycles. The van der Waals surface area contributed by atoms with Crippen molar-refractivity contribution in [1.29, 1.82) is 0 Å². The van der Waals surface area contributed by atoms with Crippen molar-refractivity contribution in [1.82, 2.24) is 4.90 Å². The van der Waals surface area contributed by atoms with Crippen LogP contribution in [0.5, 0.6) is 11.5 Å². The topological polar surface area (TPSA) is 60.0 Å². The maximum absolute atomic E-state index is 12.0. The molecule has 6 heteroatoms. The van der Waals surface area contributed by atoms with E-state index in [0.717, 1.165) is 11.4 Å². The summed E-state index contributed by atoms with van der Waals surface area (Å²) in [6.45, 7) is 3.20. The number of nitrogens with zero attached hydrogens (tertiary/aromatic N) is 1. The van der Waals surface area contributed by atoms with Gasteiger partial charge in [0, 0.05) is 32.1 Å². The van der Waals surface area contributed by atoms with Gasteiger partial charge >= 0.3 is 0 Å². The van der Waals surface area contributed by atoms with E-state index in [1.165, 1.54) is 0 Å². The highest BCUT2D eigenvalue weighted by atomic mass is 16.5. The lowest BCUT2D eigenvalue weighted by atomic mass is 10.2. The quantitative estimate of drug-likeness (QED) is 0.858. The third-order valence-electron chi connectivity index (χ3n) is 3.43. The molecule has 0 unspecified atom stereocenters. The van der Waals surface area contributed by atoms with Crippen molar-refractivity contribution in [3.05, 3.63) is 18.2 Å². The first-order valence-electron chi connectivity index (χ1n) is 7.06.